The van der Waals surface area contributed by atoms with E-state index in [0.29, 0.717) is 0 Å². The predicted octanol–water partition coefficient (Wildman–Crippen LogP) is 2.56. The third-order valence-corrected chi connectivity index (χ3v) is 2.25. The minimum absolute atomic E-state index is 0.191. The summed E-state index contributed by atoms with van der Waals surface area (Å²) in [4.78, 5) is 10.8. The van der Waals surface area contributed by atoms with Crippen molar-refractivity contribution in [1.82, 2.24) is 0 Å². The summed E-state index contributed by atoms with van der Waals surface area (Å²) >= 11 is 2.08. The van der Waals surface area contributed by atoms with Crippen molar-refractivity contribution >= 4 is 28.6 Å². The summed E-state index contributed by atoms with van der Waals surface area (Å²) in [5, 5.41) is 0. The van der Waals surface area contributed by atoms with Gasteiger partial charge in [-0.3, -0.25) is 0 Å². The molecule has 1 rings (SSSR count). The SMILES string of the molecule is COC(=O)C=CC(I)Oc1ccccc1. The lowest BCUT2D eigenvalue weighted by Crippen LogP contribution is -2.05. The van der Waals surface area contributed by atoms with Crippen LogP contribution in [0.15, 0.2) is 42.5 Å². The molecule has 0 radical (unpaired) electrons. The number of carbonyl (C=O) groups excluding carboxylic acids is 1. The number of halogens is 1. The van der Waals surface area contributed by atoms with Gasteiger partial charge in [0.05, 0.1) is 7.11 Å². The van der Waals surface area contributed by atoms with Crippen LogP contribution in [-0.2, 0) is 9.53 Å². The van der Waals surface area contributed by atoms with Gasteiger partial charge in [0.2, 0.25) is 0 Å². The van der Waals surface area contributed by atoms with Gasteiger partial charge in [0, 0.05) is 6.08 Å². The first-order valence-corrected chi connectivity index (χ1v) is 5.59. The van der Waals surface area contributed by atoms with E-state index in [1.807, 2.05) is 30.3 Å². The molecule has 0 N–H and O–H groups in total. The summed E-state index contributed by atoms with van der Waals surface area (Å²) in [6, 6.07) is 9.42. The van der Waals surface area contributed by atoms with Gasteiger partial charge < -0.3 is 9.47 Å². The average molecular weight is 318 g/mol. The summed E-state index contributed by atoms with van der Waals surface area (Å²) < 4.78 is 9.78. The molecule has 0 fully saturated rings. The Morgan fingerprint density at radius 2 is 2.07 bits per heavy atom. The number of para-hydroxylation sites is 1. The molecule has 0 amide bonds. The molecule has 0 aromatic heterocycles. The fraction of sp³-hybridized carbons (Fsp3) is 0.182. The van der Waals surface area contributed by atoms with E-state index in [2.05, 4.69) is 27.3 Å². The van der Waals surface area contributed by atoms with Gasteiger partial charge in [-0.05, 0) is 40.8 Å². The summed E-state index contributed by atoms with van der Waals surface area (Å²) in [6.45, 7) is 0. The number of hydrogen-bond acceptors (Lipinski definition) is 3. The highest BCUT2D eigenvalue weighted by Gasteiger charge is 2.01. The zero-order valence-electron chi connectivity index (χ0n) is 8.22. The van der Waals surface area contributed by atoms with E-state index in [4.69, 9.17) is 4.74 Å². The molecular weight excluding hydrogens is 307 g/mol. The first-order valence-electron chi connectivity index (χ1n) is 4.34. The van der Waals surface area contributed by atoms with E-state index in [-0.39, 0.29) is 10.1 Å². The zero-order chi connectivity index (χ0) is 11.1. The van der Waals surface area contributed by atoms with Crippen molar-refractivity contribution in [3.63, 3.8) is 0 Å². The second-order valence-corrected chi connectivity index (χ2v) is 3.89. The lowest BCUT2D eigenvalue weighted by molar-refractivity contribution is -0.134. The van der Waals surface area contributed by atoms with E-state index in [1.54, 1.807) is 6.08 Å². The number of methoxy groups -OCH3 is 1. The Labute approximate surface area is 102 Å². The fourth-order valence-electron chi connectivity index (χ4n) is 0.891. The molecular formula is C11H11IO3. The van der Waals surface area contributed by atoms with Crippen molar-refractivity contribution in [2.45, 2.75) is 4.11 Å². The molecule has 0 aliphatic heterocycles. The lowest BCUT2D eigenvalue weighted by Gasteiger charge is -2.08. The number of esters is 1. The van der Waals surface area contributed by atoms with E-state index >= 15 is 0 Å². The van der Waals surface area contributed by atoms with E-state index in [1.165, 1.54) is 13.2 Å². The van der Waals surface area contributed by atoms with Crippen molar-refractivity contribution in [1.29, 1.82) is 0 Å². The number of carbonyl (C=O) groups is 1. The van der Waals surface area contributed by atoms with Gasteiger partial charge in [-0.2, -0.15) is 0 Å². The summed E-state index contributed by atoms with van der Waals surface area (Å²) in [7, 11) is 1.34. The number of ether oxygens (including phenoxy) is 2. The van der Waals surface area contributed by atoms with Crippen molar-refractivity contribution in [2.75, 3.05) is 7.11 Å². The molecule has 3 nitrogen and oxygen atoms in total. The van der Waals surface area contributed by atoms with Crippen LogP contribution in [0.2, 0.25) is 0 Å². The van der Waals surface area contributed by atoms with Crippen LogP contribution in [0.3, 0.4) is 0 Å². The standard InChI is InChI=1S/C11H11IO3/c1-14-11(13)8-7-10(12)15-9-5-3-2-4-6-9/h2-8,10H,1H3. The molecule has 0 bridgehead atoms. The minimum atomic E-state index is -0.381. The maximum absolute atomic E-state index is 10.8. The third-order valence-electron chi connectivity index (χ3n) is 1.58. The smallest absolute Gasteiger partial charge is 0.330 e. The number of alkyl halides is 1. The van der Waals surface area contributed by atoms with Crippen LogP contribution in [0, 0.1) is 0 Å². The van der Waals surface area contributed by atoms with E-state index in [0.717, 1.165) is 5.75 Å². The largest absolute Gasteiger partial charge is 0.476 e. The normalized spacial score (nSPS) is 12.4. The Balaban J connectivity index is 2.46. The fourth-order valence-corrected chi connectivity index (χ4v) is 1.39. The van der Waals surface area contributed by atoms with E-state index < -0.39 is 0 Å². The monoisotopic (exact) mass is 318 g/mol. The van der Waals surface area contributed by atoms with Crippen LogP contribution < -0.4 is 4.74 Å². The first-order chi connectivity index (χ1) is 7.22. The second kappa shape index (κ2) is 6.44. The molecule has 80 valence electrons. The molecule has 0 aliphatic rings. The maximum Gasteiger partial charge on any atom is 0.330 e. The Bertz CT molecular complexity index is 335. The van der Waals surface area contributed by atoms with E-state index in [9.17, 15) is 4.79 Å². The Kier molecular flexibility index (Phi) is 5.17. The van der Waals surface area contributed by atoms with Gasteiger partial charge in [-0.1, -0.05) is 18.2 Å². The van der Waals surface area contributed by atoms with Crippen molar-refractivity contribution in [2.24, 2.45) is 0 Å². The number of rotatable bonds is 4. The molecule has 4 heteroatoms. The summed E-state index contributed by atoms with van der Waals surface area (Å²) in [6.07, 6.45) is 2.99. The molecule has 15 heavy (non-hydrogen) atoms. The molecule has 0 heterocycles. The van der Waals surface area contributed by atoms with Crippen LogP contribution in [-0.4, -0.2) is 17.2 Å². The van der Waals surface area contributed by atoms with Gasteiger partial charge in [0.1, 0.15) is 5.75 Å². The molecule has 0 saturated carbocycles. The van der Waals surface area contributed by atoms with Gasteiger partial charge >= 0.3 is 5.97 Å². The molecule has 1 aromatic carbocycles. The molecule has 0 aliphatic carbocycles. The predicted molar refractivity (Wildman–Crippen MR) is 66.0 cm³/mol. The Morgan fingerprint density at radius 3 is 2.67 bits per heavy atom. The second-order valence-electron chi connectivity index (χ2n) is 2.66. The van der Waals surface area contributed by atoms with Gasteiger partial charge in [-0.15, -0.1) is 0 Å². The molecule has 1 aromatic rings. The number of benzene rings is 1. The Hall–Kier alpha value is -1.04. The average Bonchev–Trinajstić information content (AvgIpc) is 2.27. The topological polar surface area (TPSA) is 35.5 Å². The van der Waals surface area contributed by atoms with Gasteiger partial charge in [0.15, 0.2) is 4.11 Å². The molecule has 0 saturated heterocycles. The number of hydrogen-bond donors (Lipinski definition) is 0. The molecule has 1 atom stereocenters. The summed E-state index contributed by atoms with van der Waals surface area (Å²) in [5.41, 5.74) is 0. The highest BCUT2D eigenvalue weighted by atomic mass is 127. The highest BCUT2D eigenvalue weighted by Crippen LogP contribution is 2.14. The zero-order valence-corrected chi connectivity index (χ0v) is 10.4. The summed E-state index contributed by atoms with van der Waals surface area (Å²) in [5.74, 6) is 0.389. The van der Waals surface area contributed by atoms with Crippen LogP contribution in [0.25, 0.3) is 0 Å². The maximum atomic E-state index is 10.8. The highest BCUT2D eigenvalue weighted by molar-refractivity contribution is 14.1. The van der Waals surface area contributed by atoms with Crippen molar-refractivity contribution in [3.05, 3.63) is 42.5 Å². The lowest BCUT2D eigenvalue weighted by atomic mass is 10.3. The third kappa shape index (κ3) is 4.83. The van der Waals surface area contributed by atoms with Crippen LogP contribution in [0.5, 0.6) is 5.75 Å². The van der Waals surface area contributed by atoms with Gasteiger partial charge in [-0.25, -0.2) is 4.79 Å². The van der Waals surface area contributed by atoms with Crippen LogP contribution >= 0.6 is 22.6 Å². The van der Waals surface area contributed by atoms with Crippen LogP contribution in [0.4, 0.5) is 0 Å². The van der Waals surface area contributed by atoms with Crippen molar-refractivity contribution < 1.29 is 14.3 Å². The molecule has 1 unspecified atom stereocenters. The van der Waals surface area contributed by atoms with Gasteiger partial charge in [0.25, 0.3) is 0 Å². The van der Waals surface area contributed by atoms with Crippen LogP contribution in [0.1, 0.15) is 0 Å². The molecule has 0 spiro atoms. The quantitative estimate of drug-likeness (QED) is 0.370. The minimum Gasteiger partial charge on any atom is -0.476 e. The van der Waals surface area contributed by atoms with Crippen molar-refractivity contribution in [3.8, 4) is 5.75 Å². The Morgan fingerprint density at radius 1 is 1.40 bits per heavy atom. The first kappa shape index (κ1) is 12.0.